The predicted octanol–water partition coefficient (Wildman–Crippen LogP) is 1.72. The second-order valence-corrected chi connectivity index (χ2v) is 8.24. The maximum Gasteiger partial charge on any atom is 0.332 e. The van der Waals surface area contributed by atoms with Crippen molar-refractivity contribution in [2.45, 2.75) is 65.1 Å². The zero-order valence-corrected chi connectivity index (χ0v) is 17.2. The van der Waals surface area contributed by atoms with Gasteiger partial charge in [-0.25, -0.2) is 4.79 Å². The average Bonchev–Trinajstić information content (AvgIpc) is 3.08. The van der Waals surface area contributed by atoms with Crippen LogP contribution >= 0.6 is 0 Å². The summed E-state index contributed by atoms with van der Waals surface area (Å²) < 4.78 is 10.2. The van der Waals surface area contributed by atoms with E-state index in [1.165, 1.54) is 41.2 Å². The second-order valence-electron chi connectivity index (χ2n) is 8.24. The van der Waals surface area contributed by atoms with Gasteiger partial charge in [0.15, 0.2) is 11.2 Å². The van der Waals surface area contributed by atoms with Crippen LogP contribution in [0.3, 0.4) is 0 Å². The molecule has 4 rings (SSSR count). The van der Waals surface area contributed by atoms with E-state index in [2.05, 4.69) is 16.4 Å². The molecule has 0 N–H and O–H groups in total. The number of hydrogen-bond acceptors (Lipinski definition) is 5. The number of hydrogen-bond donors (Lipinski definition) is 0. The Bertz CT molecular complexity index is 967. The van der Waals surface area contributed by atoms with Crippen molar-refractivity contribution < 1.29 is 4.74 Å². The summed E-state index contributed by atoms with van der Waals surface area (Å²) in [6.07, 6.45) is 6.15. The molecular formula is C20H31N5O3. The summed E-state index contributed by atoms with van der Waals surface area (Å²) in [4.78, 5) is 33.2. The van der Waals surface area contributed by atoms with Crippen molar-refractivity contribution in [2.24, 2.45) is 13.0 Å². The Morgan fingerprint density at radius 2 is 1.89 bits per heavy atom. The molecule has 28 heavy (non-hydrogen) atoms. The standard InChI is InChI=1S/C20H31N5O3/c1-4-28-11-10-23-18(26)16-17(22(3)20(23)27)21-19-24(12-14(2)13-25(16)19)15-8-6-5-7-9-15/h14-15H,4-13H2,1-3H3/t14-/m1/s1. The van der Waals surface area contributed by atoms with E-state index in [0.717, 1.165) is 19.0 Å². The Balaban J connectivity index is 1.85. The minimum absolute atomic E-state index is 0.255. The lowest BCUT2D eigenvalue weighted by molar-refractivity contribution is 0.137. The largest absolute Gasteiger partial charge is 0.380 e. The fraction of sp³-hybridized carbons (Fsp3) is 0.750. The molecule has 0 saturated heterocycles. The van der Waals surface area contributed by atoms with Gasteiger partial charge in [-0.1, -0.05) is 26.2 Å². The number of fused-ring (bicyclic) bond motifs is 3. The van der Waals surface area contributed by atoms with Gasteiger partial charge in [-0.3, -0.25) is 13.9 Å². The third kappa shape index (κ3) is 3.17. The van der Waals surface area contributed by atoms with Crippen LogP contribution in [-0.4, -0.2) is 44.5 Å². The molecule has 0 unspecified atom stereocenters. The van der Waals surface area contributed by atoms with Gasteiger partial charge in [-0.2, -0.15) is 4.98 Å². The van der Waals surface area contributed by atoms with Crippen LogP contribution in [0.15, 0.2) is 9.59 Å². The Labute approximate surface area is 164 Å². The normalized spacial score (nSPS) is 20.7. The van der Waals surface area contributed by atoms with E-state index in [4.69, 9.17) is 9.72 Å². The molecule has 8 nitrogen and oxygen atoms in total. The van der Waals surface area contributed by atoms with E-state index in [1.807, 2.05) is 6.92 Å². The number of ether oxygens (including phenoxy) is 1. The van der Waals surface area contributed by atoms with Crippen LogP contribution in [0.5, 0.6) is 0 Å². The van der Waals surface area contributed by atoms with Gasteiger partial charge in [0, 0.05) is 32.8 Å². The Kier molecular flexibility index (Phi) is 5.31. The summed E-state index contributed by atoms with van der Waals surface area (Å²) in [5.74, 6) is 1.29. The smallest absolute Gasteiger partial charge is 0.332 e. The molecule has 2 aliphatic rings. The van der Waals surface area contributed by atoms with Gasteiger partial charge < -0.3 is 14.2 Å². The molecule has 0 radical (unpaired) electrons. The van der Waals surface area contributed by atoms with Gasteiger partial charge in [0.25, 0.3) is 5.56 Å². The monoisotopic (exact) mass is 389 g/mol. The Hall–Kier alpha value is -2.09. The molecule has 1 saturated carbocycles. The first kappa shape index (κ1) is 19.2. The first-order valence-electron chi connectivity index (χ1n) is 10.6. The van der Waals surface area contributed by atoms with Crippen molar-refractivity contribution in [3.8, 4) is 0 Å². The fourth-order valence-electron chi connectivity index (χ4n) is 4.74. The third-order valence-corrected chi connectivity index (χ3v) is 6.15. The number of rotatable bonds is 5. The van der Waals surface area contributed by atoms with Crippen LogP contribution in [0.1, 0.15) is 46.0 Å². The highest BCUT2D eigenvalue weighted by molar-refractivity contribution is 5.75. The summed E-state index contributed by atoms with van der Waals surface area (Å²) in [6, 6.07) is 0.476. The van der Waals surface area contributed by atoms with Crippen LogP contribution < -0.4 is 16.1 Å². The molecule has 0 bridgehead atoms. The van der Waals surface area contributed by atoms with E-state index in [-0.39, 0.29) is 17.8 Å². The molecule has 8 heteroatoms. The van der Waals surface area contributed by atoms with Crippen molar-refractivity contribution in [1.82, 2.24) is 18.7 Å². The topological polar surface area (TPSA) is 74.3 Å². The molecule has 2 aromatic rings. The number of aryl methyl sites for hydroxylation is 1. The van der Waals surface area contributed by atoms with E-state index in [0.29, 0.717) is 36.3 Å². The molecule has 1 atom stereocenters. The maximum atomic E-state index is 13.2. The number of nitrogens with zero attached hydrogens (tertiary/aromatic N) is 5. The van der Waals surface area contributed by atoms with Crippen molar-refractivity contribution >= 4 is 17.1 Å². The maximum absolute atomic E-state index is 13.2. The lowest BCUT2D eigenvalue weighted by atomic mass is 9.93. The summed E-state index contributed by atoms with van der Waals surface area (Å²) in [6.45, 7) is 7.01. The predicted molar refractivity (Wildman–Crippen MR) is 109 cm³/mol. The molecule has 2 aromatic heterocycles. The van der Waals surface area contributed by atoms with Gasteiger partial charge in [-0.05, 0) is 25.7 Å². The molecular weight excluding hydrogens is 358 g/mol. The van der Waals surface area contributed by atoms with E-state index >= 15 is 0 Å². The molecule has 1 aliphatic heterocycles. The molecule has 1 aliphatic carbocycles. The van der Waals surface area contributed by atoms with Crippen LogP contribution in [0.4, 0.5) is 5.95 Å². The number of aromatic nitrogens is 4. The van der Waals surface area contributed by atoms with Crippen molar-refractivity contribution in [3.05, 3.63) is 20.8 Å². The molecule has 154 valence electrons. The highest BCUT2D eigenvalue weighted by Crippen LogP contribution is 2.32. The highest BCUT2D eigenvalue weighted by Gasteiger charge is 2.33. The molecule has 3 heterocycles. The third-order valence-electron chi connectivity index (χ3n) is 6.15. The van der Waals surface area contributed by atoms with Crippen molar-refractivity contribution in [1.29, 1.82) is 0 Å². The van der Waals surface area contributed by atoms with E-state index < -0.39 is 0 Å². The van der Waals surface area contributed by atoms with Gasteiger partial charge in [0.2, 0.25) is 5.95 Å². The molecule has 1 fully saturated rings. The first-order valence-corrected chi connectivity index (χ1v) is 10.6. The number of anilines is 1. The van der Waals surface area contributed by atoms with E-state index in [1.54, 1.807) is 7.05 Å². The summed E-state index contributed by atoms with van der Waals surface area (Å²) in [7, 11) is 1.70. The van der Waals surface area contributed by atoms with Crippen molar-refractivity contribution in [3.63, 3.8) is 0 Å². The van der Waals surface area contributed by atoms with Crippen LogP contribution in [-0.2, 0) is 24.9 Å². The zero-order valence-electron chi connectivity index (χ0n) is 17.2. The summed E-state index contributed by atoms with van der Waals surface area (Å²) in [5, 5.41) is 0. The Morgan fingerprint density at radius 3 is 2.61 bits per heavy atom. The summed E-state index contributed by atoms with van der Waals surface area (Å²) >= 11 is 0. The first-order chi connectivity index (χ1) is 13.5. The Morgan fingerprint density at radius 1 is 1.14 bits per heavy atom. The average molecular weight is 390 g/mol. The lowest BCUT2D eigenvalue weighted by Crippen LogP contribution is -2.45. The van der Waals surface area contributed by atoms with Gasteiger partial charge in [-0.15, -0.1) is 0 Å². The number of imidazole rings is 1. The van der Waals surface area contributed by atoms with Gasteiger partial charge in [0.05, 0.1) is 13.2 Å². The van der Waals surface area contributed by atoms with Gasteiger partial charge in [0.1, 0.15) is 0 Å². The minimum Gasteiger partial charge on any atom is -0.380 e. The fourth-order valence-corrected chi connectivity index (χ4v) is 4.74. The van der Waals surface area contributed by atoms with Gasteiger partial charge >= 0.3 is 5.69 Å². The van der Waals surface area contributed by atoms with Crippen LogP contribution in [0, 0.1) is 5.92 Å². The minimum atomic E-state index is -0.329. The van der Waals surface area contributed by atoms with Crippen LogP contribution in [0.2, 0.25) is 0 Å². The van der Waals surface area contributed by atoms with E-state index in [9.17, 15) is 9.59 Å². The SMILES string of the molecule is CCOCCn1c(=O)c2c(nc3n2C[C@H](C)CN3C2CCCCC2)n(C)c1=O. The lowest BCUT2D eigenvalue weighted by Gasteiger charge is -2.40. The molecule has 0 spiro atoms. The molecule has 0 amide bonds. The zero-order chi connectivity index (χ0) is 19.8. The quantitative estimate of drug-likeness (QED) is 0.728. The van der Waals surface area contributed by atoms with Crippen LogP contribution in [0.25, 0.3) is 11.2 Å². The second kappa shape index (κ2) is 7.73. The summed E-state index contributed by atoms with van der Waals surface area (Å²) in [5.41, 5.74) is 0.452. The highest BCUT2D eigenvalue weighted by atomic mass is 16.5. The molecule has 0 aromatic carbocycles. The van der Waals surface area contributed by atoms with Crippen molar-refractivity contribution in [2.75, 3.05) is 24.7 Å².